The van der Waals surface area contributed by atoms with E-state index < -0.39 is 0 Å². The van der Waals surface area contributed by atoms with E-state index in [1.165, 1.54) is 0 Å². The fraction of sp³-hybridized carbons (Fsp3) is 0.438. The van der Waals surface area contributed by atoms with Gasteiger partial charge in [-0.1, -0.05) is 6.07 Å². The van der Waals surface area contributed by atoms with Gasteiger partial charge in [0.25, 0.3) is 0 Å². The van der Waals surface area contributed by atoms with Gasteiger partial charge in [-0.05, 0) is 38.1 Å². The Morgan fingerprint density at radius 2 is 2.20 bits per heavy atom. The first-order valence-corrected chi connectivity index (χ1v) is 7.13. The highest BCUT2D eigenvalue weighted by Crippen LogP contribution is 2.19. The average molecular weight is 271 g/mol. The topological polar surface area (TPSA) is 50.0 Å². The average Bonchev–Trinajstić information content (AvgIpc) is 2.89. The van der Waals surface area contributed by atoms with Crippen molar-refractivity contribution in [2.75, 3.05) is 26.3 Å². The van der Waals surface area contributed by atoms with Crippen LogP contribution in [0.5, 0.6) is 0 Å². The molecule has 4 nitrogen and oxygen atoms in total. The van der Waals surface area contributed by atoms with Crippen LogP contribution in [0.15, 0.2) is 30.5 Å². The number of nitrogens with zero attached hydrogens (tertiary/aromatic N) is 2. The van der Waals surface area contributed by atoms with Crippen LogP contribution in [0.25, 0.3) is 10.9 Å². The first-order chi connectivity index (χ1) is 9.86. The highest BCUT2D eigenvalue weighted by atomic mass is 16.5. The SMILES string of the molecule is CCOCCCNCCn1ccc2c(C#N)cccc21. The van der Waals surface area contributed by atoms with Crippen molar-refractivity contribution < 1.29 is 4.74 Å². The van der Waals surface area contributed by atoms with E-state index in [4.69, 9.17) is 10.00 Å². The second-order valence-electron chi connectivity index (χ2n) is 4.66. The first-order valence-electron chi connectivity index (χ1n) is 7.13. The summed E-state index contributed by atoms with van der Waals surface area (Å²) in [7, 11) is 0. The number of hydrogen-bond donors (Lipinski definition) is 1. The van der Waals surface area contributed by atoms with E-state index in [9.17, 15) is 0 Å². The van der Waals surface area contributed by atoms with Crippen molar-refractivity contribution in [2.45, 2.75) is 19.9 Å². The molecule has 0 aliphatic heterocycles. The molecular formula is C16H21N3O. The maximum atomic E-state index is 9.08. The summed E-state index contributed by atoms with van der Waals surface area (Å²) < 4.78 is 7.48. The van der Waals surface area contributed by atoms with Crippen molar-refractivity contribution in [3.63, 3.8) is 0 Å². The fourth-order valence-corrected chi connectivity index (χ4v) is 2.28. The number of hydrogen-bond acceptors (Lipinski definition) is 3. The van der Waals surface area contributed by atoms with E-state index in [1.54, 1.807) is 0 Å². The Bertz CT molecular complexity index is 583. The van der Waals surface area contributed by atoms with E-state index in [0.717, 1.165) is 55.7 Å². The number of ether oxygens (including phenoxy) is 1. The van der Waals surface area contributed by atoms with Gasteiger partial charge in [0.2, 0.25) is 0 Å². The molecular weight excluding hydrogens is 250 g/mol. The third kappa shape index (κ3) is 3.60. The molecule has 0 fully saturated rings. The van der Waals surface area contributed by atoms with Gasteiger partial charge in [-0.3, -0.25) is 0 Å². The molecule has 1 aromatic heterocycles. The van der Waals surface area contributed by atoms with Crippen LogP contribution < -0.4 is 5.32 Å². The van der Waals surface area contributed by atoms with Gasteiger partial charge in [-0.2, -0.15) is 5.26 Å². The zero-order valence-corrected chi connectivity index (χ0v) is 11.9. The standard InChI is InChI=1S/C16H21N3O/c1-2-20-12-4-8-18-9-11-19-10-7-15-14(13-17)5-3-6-16(15)19/h3,5-7,10,18H,2,4,8-9,11-12H2,1H3. The predicted molar refractivity (Wildman–Crippen MR) is 80.6 cm³/mol. The van der Waals surface area contributed by atoms with Gasteiger partial charge in [0.1, 0.15) is 0 Å². The van der Waals surface area contributed by atoms with Crippen LogP contribution in [-0.2, 0) is 11.3 Å². The summed E-state index contributed by atoms with van der Waals surface area (Å²) in [5, 5.41) is 13.5. The molecule has 4 heteroatoms. The van der Waals surface area contributed by atoms with Crippen LogP contribution in [0, 0.1) is 11.3 Å². The lowest BCUT2D eigenvalue weighted by molar-refractivity contribution is 0.145. The molecule has 1 N–H and O–H groups in total. The molecule has 0 atom stereocenters. The fourth-order valence-electron chi connectivity index (χ4n) is 2.28. The maximum absolute atomic E-state index is 9.08. The van der Waals surface area contributed by atoms with E-state index in [-0.39, 0.29) is 0 Å². The summed E-state index contributed by atoms with van der Waals surface area (Å²) in [5.74, 6) is 0. The first kappa shape index (κ1) is 14.6. The molecule has 1 aromatic carbocycles. The number of aromatic nitrogens is 1. The van der Waals surface area contributed by atoms with E-state index in [0.29, 0.717) is 0 Å². The molecule has 0 amide bonds. The van der Waals surface area contributed by atoms with Gasteiger partial charge in [-0.25, -0.2) is 0 Å². The summed E-state index contributed by atoms with van der Waals surface area (Å²) >= 11 is 0. The number of nitrogens with one attached hydrogen (secondary N) is 1. The molecule has 0 saturated heterocycles. The van der Waals surface area contributed by atoms with Gasteiger partial charge < -0.3 is 14.6 Å². The van der Waals surface area contributed by atoms with Gasteiger partial charge in [-0.15, -0.1) is 0 Å². The van der Waals surface area contributed by atoms with Crippen molar-refractivity contribution in [3.8, 4) is 6.07 Å². The summed E-state index contributed by atoms with van der Waals surface area (Å²) in [4.78, 5) is 0. The Balaban J connectivity index is 1.84. The Morgan fingerprint density at radius 3 is 3.00 bits per heavy atom. The Hall–Kier alpha value is -1.83. The minimum absolute atomic E-state index is 0.742. The van der Waals surface area contributed by atoms with Crippen molar-refractivity contribution in [1.82, 2.24) is 9.88 Å². The zero-order chi connectivity index (χ0) is 14.2. The smallest absolute Gasteiger partial charge is 0.0998 e. The lowest BCUT2D eigenvalue weighted by atomic mass is 10.1. The molecule has 2 aromatic rings. The molecule has 106 valence electrons. The van der Waals surface area contributed by atoms with E-state index in [1.807, 2.05) is 31.3 Å². The lowest BCUT2D eigenvalue weighted by Crippen LogP contribution is -2.21. The summed E-state index contributed by atoms with van der Waals surface area (Å²) in [6.07, 6.45) is 3.09. The maximum Gasteiger partial charge on any atom is 0.0998 e. The van der Waals surface area contributed by atoms with Crippen LogP contribution in [0.1, 0.15) is 18.9 Å². The number of nitriles is 1. The third-order valence-corrected chi connectivity index (χ3v) is 3.31. The molecule has 1 heterocycles. The second-order valence-corrected chi connectivity index (χ2v) is 4.66. The predicted octanol–water partition coefficient (Wildman–Crippen LogP) is 2.53. The Kier molecular flexibility index (Phi) is 5.60. The summed E-state index contributed by atoms with van der Waals surface area (Å²) in [6, 6.07) is 10.1. The van der Waals surface area contributed by atoms with Crippen molar-refractivity contribution in [1.29, 1.82) is 5.26 Å². The van der Waals surface area contributed by atoms with Gasteiger partial charge in [0, 0.05) is 43.4 Å². The van der Waals surface area contributed by atoms with Crippen LogP contribution in [0.3, 0.4) is 0 Å². The monoisotopic (exact) mass is 271 g/mol. The highest BCUT2D eigenvalue weighted by molar-refractivity contribution is 5.85. The molecule has 2 rings (SSSR count). The second kappa shape index (κ2) is 7.68. The zero-order valence-electron chi connectivity index (χ0n) is 11.9. The molecule has 0 saturated carbocycles. The highest BCUT2D eigenvalue weighted by Gasteiger charge is 2.04. The normalized spacial score (nSPS) is 10.8. The van der Waals surface area contributed by atoms with Crippen LogP contribution in [-0.4, -0.2) is 30.9 Å². The summed E-state index contributed by atoms with van der Waals surface area (Å²) in [5.41, 5.74) is 1.87. The van der Waals surface area contributed by atoms with Gasteiger partial charge in [0.15, 0.2) is 0 Å². The lowest BCUT2D eigenvalue weighted by Gasteiger charge is -2.07. The van der Waals surface area contributed by atoms with Crippen LogP contribution in [0.2, 0.25) is 0 Å². The van der Waals surface area contributed by atoms with Crippen molar-refractivity contribution >= 4 is 10.9 Å². The minimum atomic E-state index is 0.742. The Labute approximate surface area is 120 Å². The number of fused-ring (bicyclic) bond motifs is 1. The molecule has 0 unspecified atom stereocenters. The van der Waals surface area contributed by atoms with Gasteiger partial charge >= 0.3 is 0 Å². The Morgan fingerprint density at radius 1 is 1.30 bits per heavy atom. The van der Waals surface area contributed by atoms with Gasteiger partial charge in [0.05, 0.1) is 11.6 Å². The molecule has 0 aliphatic rings. The number of benzene rings is 1. The van der Waals surface area contributed by atoms with Crippen LogP contribution >= 0.6 is 0 Å². The molecule has 0 aliphatic carbocycles. The largest absolute Gasteiger partial charge is 0.382 e. The molecule has 0 bridgehead atoms. The van der Waals surface area contributed by atoms with Crippen molar-refractivity contribution in [2.24, 2.45) is 0 Å². The molecule has 0 spiro atoms. The number of rotatable bonds is 8. The van der Waals surface area contributed by atoms with E-state index in [2.05, 4.69) is 22.0 Å². The quantitative estimate of drug-likeness (QED) is 0.751. The van der Waals surface area contributed by atoms with Crippen LogP contribution in [0.4, 0.5) is 0 Å². The molecule has 20 heavy (non-hydrogen) atoms. The molecule has 0 radical (unpaired) electrons. The van der Waals surface area contributed by atoms with Crippen molar-refractivity contribution in [3.05, 3.63) is 36.0 Å². The van der Waals surface area contributed by atoms with E-state index >= 15 is 0 Å². The third-order valence-electron chi connectivity index (χ3n) is 3.31. The minimum Gasteiger partial charge on any atom is -0.382 e. The summed E-state index contributed by atoms with van der Waals surface area (Å²) in [6.45, 7) is 6.43.